The van der Waals surface area contributed by atoms with Crippen molar-refractivity contribution in [3.8, 4) is 0 Å². The molecule has 0 radical (unpaired) electrons. The molecule has 0 aromatic carbocycles. The van der Waals surface area contributed by atoms with Crippen molar-refractivity contribution >= 4 is 0 Å². The number of hydrogen-bond donors (Lipinski definition) is 1. The number of aryl methyl sites for hydroxylation is 2. The number of nitrogens with zero attached hydrogens (tertiary/aromatic N) is 2. The number of rotatable bonds is 4. The van der Waals surface area contributed by atoms with Crippen LogP contribution in [0.4, 0.5) is 0 Å². The number of hydrogen-bond acceptors (Lipinski definition) is 4. The highest BCUT2D eigenvalue weighted by molar-refractivity contribution is 5.32. The van der Waals surface area contributed by atoms with Gasteiger partial charge in [-0.15, -0.1) is 0 Å². The van der Waals surface area contributed by atoms with E-state index in [1.54, 1.807) is 6.33 Å². The Bertz CT molecular complexity index is 479. The summed E-state index contributed by atoms with van der Waals surface area (Å²) in [5.74, 6) is 1.87. The molecule has 0 aliphatic rings. The molecule has 1 atom stereocenters. The van der Waals surface area contributed by atoms with Gasteiger partial charge in [0.2, 0.25) is 0 Å². The Morgan fingerprint density at radius 1 is 1.29 bits per heavy atom. The van der Waals surface area contributed by atoms with E-state index in [0.717, 1.165) is 29.2 Å². The van der Waals surface area contributed by atoms with E-state index in [1.807, 2.05) is 26.2 Å². The second-order valence-corrected chi connectivity index (χ2v) is 4.03. The van der Waals surface area contributed by atoms with E-state index >= 15 is 0 Å². The van der Waals surface area contributed by atoms with Crippen LogP contribution >= 0.6 is 0 Å². The number of furan rings is 1. The molecule has 4 heteroatoms. The fourth-order valence-electron chi connectivity index (χ4n) is 2.01. The van der Waals surface area contributed by atoms with Gasteiger partial charge in [0, 0.05) is 23.5 Å². The van der Waals surface area contributed by atoms with E-state index in [0.29, 0.717) is 0 Å². The zero-order valence-electron chi connectivity index (χ0n) is 10.4. The third-order valence-electron chi connectivity index (χ3n) is 2.71. The van der Waals surface area contributed by atoms with Crippen molar-refractivity contribution in [1.82, 2.24) is 15.3 Å². The van der Waals surface area contributed by atoms with Gasteiger partial charge in [0.05, 0.1) is 6.04 Å². The Labute approximate surface area is 101 Å². The van der Waals surface area contributed by atoms with Gasteiger partial charge in [0.25, 0.3) is 0 Å². The number of nitrogens with one attached hydrogen (secondary N) is 1. The fourth-order valence-corrected chi connectivity index (χ4v) is 2.01. The average molecular weight is 231 g/mol. The van der Waals surface area contributed by atoms with Crippen molar-refractivity contribution in [1.29, 1.82) is 0 Å². The van der Waals surface area contributed by atoms with E-state index in [4.69, 9.17) is 4.42 Å². The van der Waals surface area contributed by atoms with Gasteiger partial charge in [-0.2, -0.15) is 0 Å². The summed E-state index contributed by atoms with van der Waals surface area (Å²) in [6.45, 7) is 6.90. The summed E-state index contributed by atoms with van der Waals surface area (Å²) in [4.78, 5) is 8.14. The highest BCUT2D eigenvalue weighted by atomic mass is 16.3. The van der Waals surface area contributed by atoms with Crippen LogP contribution in [0.3, 0.4) is 0 Å². The molecule has 0 amide bonds. The first-order valence-corrected chi connectivity index (χ1v) is 5.77. The minimum Gasteiger partial charge on any atom is -0.466 e. The van der Waals surface area contributed by atoms with Crippen LogP contribution in [0.25, 0.3) is 0 Å². The van der Waals surface area contributed by atoms with Gasteiger partial charge in [-0.05, 0) is 26.5 Å². The third kappa shape index (κ3) is 2.53. The molecule has 4 nitrogen and oxygen atoms in total. The zero-order chi connectivity index (χ0) is 12.3. The van der Waals surface area contributed by atoms with Crippen LogP contribution in [-0.2, 0) is 0 Å². The van der Waals surface area contributed by atoms with Gasteiger partial charge >= 0.3 is 0 Å². The van der Waals surface area contributed by atoms with E-state index in [2.05, 4.69) is 28.3 Å². The monoisotopic (exact) mass is 231 g/mol. The predicted molar refractivity (Wildman–Crippen MR) is 65.7 cm³/mol. The third-order valence-corrected chi connectivity index (χ3v) is 2.71. The van der Waals surface area contributed by atoms with Crippen LogP contribution in [0.5, 0.6) is 0 Å². The van der Waals surface area contributed by atoms with E-state index in [-0.39, 0.29) is 6.04 Å². The van der Waals surface area contributed by atoms with Crippen LogP contribution in [-0.4, -0.2) is 16.5 Å². The van der Waals surface area contributed by atoms with Gasteiger partial charge < -0.3 is 9.73 Å². The first kappa shape index (κ1) is 11.8. The van der Waals surface area contributed by atoms with Crippen LogP contribution in [0, 0.1) is 13.8 Å². The highest BCUT2D eigenvalue weighted by Crippen LogP contribution is 2.26. The number of aromatic nitrogens is 2. The summed E-state index contributed by atoms with van der Waals surface area (Å²) in [7, 11) is 0. The summed E-state index contributed by atoms with van der Waals surface area (Å²) >= 11 is 0. The topological polar surface area (TPSA) is 51.0 Å². The van der Waals surface area contributed by atoms with Gasteiger partial charge in [-0.1, -0.05) is 6.92 Å². The van der Waals surface area contributed by atoms with Crippen LogP contribution in [0.1, 0.15) is 35.6 Å². The van der Waals surface area contributed by atoms with Crippen molar-refractivity contribution < 1.29 is 4.42 Å². The average Bonchev–Trinajstić information content (AvgIpc) is 2.66. The van der Waals surface area contributed by atoms with Crippen molar-refractivity contribution in [2.45, 2.75) is 26.8 Å². The molecular weight excluding hydrogens is 214 g/mol. The lowest BCUT2D eigenvalue weighted by Crippen LogP contribution is -2.22. The predicted octanol–water partition coefficient (Wildman–Crippen LogP) is 2.39. The lowest BCUT2D eigenvalue weighted by atomic mass is 10.0. The normalized spacial score (nSPS) is 12.6. The molecule has 0 spiro atoms. The first-order chi connectivity index (χ1) is 8.22. The highest BCUT2D eigenvalue weighted by Gasteiger charge is 2.18. The minimum absolute atomic E-state index is 0.0960. The van der Waals surface area contributed by atoms with Gasteiger partial charge in [0.1, 0.15) is 17.8 Å². The molecule has 2 rings (SSSR count). The lowest BCUT2D eigenvalue weighted by molar-refractivity contribution is 0.495. The Balaban J connectivity index is 2.39. The molecule has 1 unspecified atom stereocenters. The maximum Gasteiger partial charge on any atom is 0.115 e. The summed E-state index contributed by atoms with van der Waals surface area (Å²) in [5.41, 5.74) is 2.21. The lowest BCUT2D eigenvalue weighted by Gasteiger charge is -2.16. The molecule has 2 aromatic heterocycles. The van der Waals surface area contributed by atoms with Crippen molar-refractivity contribution in [2.24, 2.45) is 0 Å². The first-order valence-electron chi connectivity index (χ1n) is 5.77. The quantitative estimate of drug-likeness (QED) is 0.877. The Hall–Kier alpha value is -1.68. The van der Waals surface area contributed by atoms with Crippen molar-refractivity contribution in [3.63, 3.8) is 0 Å². The fraction of sp³-hybridized carbons (Fsp3) is 0.385. The van der Waals surface area contributed by atoms with Crippen molar-refractivity contribution in [2.75, 3.05) is 6.54 Å². The molecule has 0 aliphatic carbocycles. The molecule has 1 N–H and O–H groups in total. The van der Waals surface area contributed by atoms with Gasteiger partial charge in [0.15, 0.2) is 0 Å². The SMILES string of the molecule is CCNC(c1cncnc1)c1cc(C)oc1C. The molecular formula is C13H17N3O. The smallest absolute Gasteiger partial charge is 0.115 e. The maximum absolute atomic E-state index is 5.58. The Kier molecular flexibility index (Phi) is 3.54. The molecule has 0 saturated carbocycles. The second kappa shape index (κ2) is 5.10. The van der Waals surface area contributed by atoms with Crippen LogP contribution in [0.2, 0.25) is 0 Å². The molecule has 0 saturated heterocycles. The molecule has 90 valence electrons. The van der Waals surface area contributed by atoms with E-state index < -0.39 is 0 Å². The summed E-state index contributed by atoms with van der Waals surface area (Å²) < 4.78 is 5.58. The van der Waals surface area contributed by atoms with Gasteiger partial charge in [-0.3, -0.25) is 0 Å². The zero-order valence-corrected chi connectivity index (χ0v) is 10.4. The summed E-state index contributed by atoms with van der Waals surface area (Å²) in [6, 6.07) is 2.16. The Morgan fingerprint density at radius 3 is 2.53 bits per heavy atom. The summed E-state index contributed by atoms with van der Waals surface area (Å²) in [5, 5.41) is 3.43. The Morgan fingerprint density at radius 2 is 2.00 bits per heavy atom. The molecule has 2 aromatic rings. The van der Waals surface area contributed by atoms with E-state index in [9.17, 15) is 0 Å². The van der Waals surface area contributed by atoms with Gasteiger partial charge in [-0.25, -0.2) is 9.97 Å². The molecule has 17 heavy (non-hydrogen) atoms. The summed E-state index contributed by atoms with van der Waals surface area (Å²) in [6.07, 6.45) is 5.21. The minimum atomic E-state index is 0.0960. The molecule has 2 heterocycles. The molecule has 0 bridgehead atoms. The van der Waals surface area contributed by atoms with E-state index in [1.165, 1.54) is 0 Å². The maximum atomic E-state index is 5.58. The second-order valence-electron chi connectivity index (χ2n) is 4.03. The van der Waals surface area contributed by atoms with Crippen LogP contribution < -0.4 is 5.32 Å². The van der Waals surface area contributed by atoms with Crippen molar-refractivity contribution in [3.05, 3.63) is 47.4 Å². The standard InChI is InChI=1S/C13H17N3O/c1-4-16-13(11-6-14-8-15-7-11)12-5-9(2)17-10(12)3/h5-8,13,16H,4H2,1-3H3. The molecule has 0 fully saturated rings. The largest absolute Gasteiger partial charge is 0.466 e. The molecule has 0 aliphatic heterocycles. The van der Waals surface area contributed by atoms with Crippen LogP contribution in [0.15, 0.2) is 29.2 Å².